The molecule has 4 heteroatoms. The van der Waals surface area contributed by atoms with Crippen molar-refractivity contribution in [2.24, 2.45) is 0 Å². The second kappa shape index (κ2) is 6.72. The van der Waals surface area contributed by atoms with Crippen LogP contribution in [-0.4, -0.2) is 5.11 Å². The third-order valence-corrected chi connectivity index (χ3v) is 3.94. The normalized spacial score (nSPS) is 12.2. The van der Waals surface area contributed by atoms with Gasteiger partial charge in [0.25, 0.3) is 0 Å². The van der Waals surface area contributed by atoms with Crippen LogP contribution in [0.4, 0.5) is 0 Å². The molecule has 0 unspecified atom stereocenters. The molecule has 19 heavy (non-hydrogen) atoms. The summed E-state index contributed by atoms with van der Waals surface area (Å²) in [6, 6.07) is 13.9. The van der Waals surface area contributed by atoms with E-state index in [0.717, 1.165) is 21.3 Å². The first-order chi connectivity index (χ1) is 9.06. The Labute approximate surface area is 135 Å². The zero-order chi connectivity index (χ0) is 13.8. The zero-order valence-electron chi connectivity index (χ0n) is 10.4. The summed E-state index contributed by atoms with van der Waals surface area (Å²) in [6.07, 6.45) is -0.552. The van der Waals surface area contributed by atoms with Crippen molar-refractivity contribution in [3.63, 3.8) is 0 Å². The van der Waals surface area contributed by atoms with E-state index in [2.05, 4.69) is 50.7 Å². The Hall–Kier alpha value is -0.590. The van der Waals surface area contributed by atoms with Gasteiger partial charge in [-0.15, -0.1) is 0 Å². The average Bonchev–Trinajstić information content (AvgIpc) is 2.39. The number of benzene rings is 2. The standard InChI is InChI=1S/C15H14BrIO2/c1-10(18)14-8-12(16)4-7-15(14)19-9-11-2-5-13(17)6-3-11/h2-8,10,18H,9H2,1H3/t10-/m1/s1. The molecule has 0 fully saturated rings. The molecule has 1 atom stereocenters. The summed E-state index contributed by atoms with van der Waals surface area (Å²) in [4.78, 5) is 0. The van der Waals surface area contributed by atoms with Crippen molar-refractivity contribution in [2.75, 3.05) is 0 Å². The van der Waals surface area contributed by atoms with Gasteiger partial charge in [0, 0.05) is 13.6 Å². The van der Waals surface area contributed by atoms with Gasteiger partial charge in [-0.05, 0) is 65.4 Å². The summed E-state index contributed by atoms with van der Waals surface area (Å²) < 4.78 is 7.93. The van der Waals surface area contributed by atoms with E-state index in [-0.39, 0.29) is 0 Å². The lowest BCUT2D eigenvalue weighted by atomic mass is 10.1. The fraction of sp³-hybridized carbons (Fsp3) is 0.200. The van der Waals surface area contributed by atoms with E-state index in [1.165, 1.54) is 3.57 Å². The fourth-order valence-electron chi connectivity index (χ4n) is 1.72. The number of rotatable bonds is 4. The topological polar surface area (TPSA) is 29.5 Å². The van der Waals surface area contributed by atoms with Gasteiger partial charge in [0.05, 0.1) is 6.10 Å². The summed E-state index contributed by atoms with van der Waals surface area (Å²) in [7, 11) is 0. The predicted molar refractivity (Wildman–Crippen MR) is 88.3 cm³/mol. The fourth-order valence-corrected chi connectivity index (χ4v) is 2.46. The molecule has 2 aromatic carbocycles. The molecule has 100 valence electrons. The van der Waals surface area contributed by atoms with Crippen molar-refractivity contribution in [2.45, 2.75) is 19.6 Å². The van der Waals surface area contributed by atoms with Crippen molar-refractivity contribution in [1.82, 2.24) is 0 Å². The second-order valence-electron chi connectivity index (χ2n) is 4.27. The third-order valence-electron chi connectivity index (χ3n) is 2.73. The molecule has 2 rings (SSSR count). The Balaban J connectivity index is 2.13. The van der Waals surface area contributed by atoms with Gasteiger partial charge < -0.3 is 9.84 Å². The van der Waals surface area contributed by atoms with Crippen LogP contribution < -0.4 is 4.74 Å². The van der Waals surface area contributed by atoms with E-state index in [0.29, 0.717) is 6.61 Å². The van der Waals surface area contributed by atoms with Crippen LogP contribution in [0.5, 0.6) is 5.75 Å². The molecule has 0 saturated heterocycles. The molecule has 1 N–H and O–H groups in total. The van der Waals surface area contributed by atoms with E-state index < -0.39 is 6.10 Å². The van der Waals surface area contributed by atoms with Crippen molar-refractivity contribution < 1.29 is 9.84 Å². The quantitative estimate of drug-likeness (QED) is 0.710. The zero-order valence-corrected chi connectivity index (χ0v) is 14.2. The van der Waals surface area contributed by atoms with Crippen LogP contribution in [0.2, 0.25) is 0 Å². The third kappa shape index (κ3) is 4.19. The smallest absolute Gasteiger partial charge is 0.125 e. The molecule has 0 aromatic heterocycles. The molecule has 0 amide bonds. The van der Waals surface area contributed by atoms with Crippen LogP contribution in [0.1, 0.15) is 24.2 Å². The highest BCUT2D eigenvalue weighted by Crippen LogP contribution is 2.29. The van der Waals surface area contributed by atoms with E-state index >= 15 is 0 Å². The molecule has 0 saturated carbocycles. The Morgan fingerprint density at radius 2 is 1.89 bits per heavy atom. The highest BCUT2D eigenvalue weighted by atomic mass is 127. The van der Waals surface area contributed by atoms with Crippen molar-refractivity contribution in [3.8, 4) is 5.75 Å². The summed E-state index contributed by atoms with van der Waals surface area (Å²) in [6.45, 7) is 2.23. The minimum absolute atomic E-state index is 0.498. The van der Waals surface area contributed by atoms with Gasteiger partial charge >= 0.3 is 0 Å². The molecule has 2 nitrogen and oxygen atoms in total. The molecule has 0 radical (unpaired) electrons. The Bertz CT molecular complexity index is 553. The van der Waals surface area contributed by atoms with Gasteiger partial charge in [-0.3, -0.25) is 0 Å². The van der Waals surface area contributed by atoms with E-state index in [1.807, 2.05) is 30.3 Å². The number of hydrogen-bond acceptors (Lipinski definition) is 2. The lowest BCUT2D eigenvalue weighted by Gasteiger charge is -2.14. The van der Waals surface area contributed by atoms with Crippen molar-refractivity contribution in [3.05, 3.63) is 61.6 Å². The number of ether oxygens (including phenoxy) is 1. The van der Waals surface area contributed by atoms with Crippen molar-refractivity contribution >= 4 is 38.5 Å². The average molecular weight is 433 g/mol. The number of hydrogen-bond donors (Lipinski definition) is 1. The first-order valence-corrected chi connectivity index (χ1v) is 7.78. The molecule has 0 aliphatic rings. The maximum atomic E-state index is 9.76. The molecule has 0 heterocycles. The molecular formula is C15H14BrIO2. The number of aliphatic hydroxyl groups is 1. The Morgan fingerprint density at radius 1 is 1.21 bits per heavy atom. The maximum absolute atomic E-state index is 9.76. The Kier molecular flexibility index (Phi) is 5.24. The molecule has 0 spiro atoms. The van der Waals surface area contributed by atoms with Crippen LogP contribution in [0, 0.1) is 3.57 Å². The number of halogens is 2. The minimum atomic E-state index is -0.552. The SMILES string of the molecule is C[C@@H](O)c1cc(Br)ccc1OCc1ccc(I)cc1. The van der Waals surface area contributed by atoms with Gasteiger partial charge in [0.2, 0.25) is 0 Å². The van der Waals surface area contributed by atoms with Crippen LogP contribution in [-0.2, 0) is 6.61 Å². The summed E-state index contributed by atoms with van der Waals surface area (Å²) in [5.41, 5.74) is 1.90. The van der Waals surface area contributed by atoms with Crippen LogP contribution in [0.15, 0.2) is 46.9 Å². The summed E-state index contributed by atoms with van der Waals surface area (Å²) in [5, 5.41) is 9.76. The van der Waals surface area contributed by atoms with Crippen LogP contribution in [0.25, 0.3) is 0 Å². The molecule has 0 aliphatic heterocycles. The van der Waals surface area contributed by atoms with Crippen molar-refractivity contribution in [1.29, 1.82) is 0 Å². The second-order valence-corrected chi connectivity index (χ2v) is 6.43. The highest BCUT2D eigenvalue weighted by Gasteiger charge is 2.10. The number of aliphatic hydroxyl groups excluding tert-OH is 1. The monoisotopic (exact) mass is 432 g/mol. The van der Waals surface area contributed by atoms with Crippen LogP contribution >= 0.6 is 38.5 Å². The van der Waals surface area contributed by atoms with E-state index in [4.69, 9.17) is 4.74 Å². The van der Waals surface area contributed by atoms with Crippen LogP contribution in [0.3, 0.4) is 0 Å². The van der Waals surface area contributed by atoms with Gasteiger partial charge in [-0.1, -0.05) is 28.1 Å². The molecular weight excluding hydrogens is 419 g/mol. The van der Waals surface area contributed by atoms with Gasteiger partial charge in [0.1, 0.15) is 12.4 Å². The van der Waals surface area contributed by atoms with Gasteiger partial charge in [0.15, 0.2) is 0 Å². The molecule has 0 bridgehead atoms. The predicted octanol–water partition coefficient (Wildman–Crippen LogP) is 4.69. The lowest BCUT2D eigenvalue weighted by Crippen LogP contribution is -2.01. The lowest BCUT2D eigenvalue weighted by molar-refractivity contribution is 0.190. The largest absolute Gasteiger partial charge is 0.489 e. The molecule has 2 aromatic rings. The van der Waals surface area contributed by atoms with Gasteiger partial charge in [-0.2, -0.15) is 0 Å². The van der Waals surface area contributed by atoms with E-state index in [1.54, 1.807) is 6.92 Å². The van der Waals surface area contributed by atoms with E-state index in [9.17, 15) is 5.11 Å². The first kappa shape index (κ1) is 14.8. The Morgan fingerprint density at radius 3 is 2.53 bits per heavy atom. The summed E-state index contributed by atoms with van der Waals surface area (Å²) >= 11 is 5.68. The highest BCUT2D eigenvalue weighted by molar-refractivity contribution is 14.1. The maximum Gasteiger partial charge on any atom is 0.125 e. The summed E-state index contributed by atoms with van der Waals surface area (Å²) in [5.74, 6) is 0.719. The molecule has 0 aliphatic carbocycles. The minimum Gasteiger partial charge on any atom is -0.489 e. The first-order valence-electron chi connectivity index (χ1n) is 5.91. The van der Waals surface area contributed by atoms with Gasteiger partial charge in [-0.25, -0.2) is 0 Å².